The van der Waals surface area contributed by atoms with Crippen LogP contribution < -0.4 is 0 Å². The molecule has 1 aromatic heterocycles. The molecule has 0 saturated heterocycles. The predicted octanol–water partition coefficient (Wildman–Crippen LogP) is 3.14. The number of esters is 1. The molecular formula is C15H15ClN2O2. The van der Waals surface area contributed by atoms with Gasteiger partial charge in [0.1, 0.15) is 11.8 Å². The molecule has 0 aliphatic carbocycles. The number of aromatic nitrogens is 2. The lowest BCUT2D eigenvalue weighted by Gasteiger charge is -2.01. The van der Waals surface area contributed by atoms with E-state index < -0.39 is 5.97 Å². The van der Waals surface area contributed by atoms with Crippen molar-refractivity contribution in [3.8, 4) is 0 Å². The number of hydrogen-bond acceptors (Lipinski definition) is 3. The number of carbonyl (C=O) groups excluding carboxylic acids is 1. The van der Waals surface area contributed by atoms with Crippen LogP contribution in [0.15, 0.2) is 36.4 Å². The van der Waals surface area contributed by atoms with Crippen molar-refractivity contribution in [3.05, 3.63) is 58.4 Å². The lowest BCUT2D eigenvalue weighted by atomic mass is 10.2. The molecule has 0 spiro atoms. The van der Waals surface area contributed by atoms with E-state index >= 15 is 0 Å². The second kappa shape index (κ2) is 6.39. The maximum atomic E-state index is 11.6. The number of hydrogen-bond donors (Lipinski definition) is 0. The number of rotatable bonds is 4. The van der Waals surface area contributed by atoms with Gasteiger partial charge in [0.05, 0.1) is 5.69 Å². The molecule has 0 fully saturated rings. The van der Waals surface area contributed by atoms with Crippen molar-refractivity contribution in [1.82, 2.24) is 9.78 Å². The van der Waals surface area contributed by atoms with Crippen molar-refractivity contribution in [2.75, 3.05) is 0 Å². The van der Waals surface area contributed by atoms with E-state index in [1.807, 2.05) is 37.3 Å². The van der Waals surface area contributed by atoms with E-state index in [-0.39, 0.29) is 6.61 Å². The maximum Gasteiger partial charge on any atom is 0.331 e. The minimum absolute atomic E-state index is 0.254. The van der Waals surface area contributed by atoms with Gasteiger partial charge >= 0.3 is 5.97 Å². The summed E-state index contributed by atoms with van der Waals surface area (Å²) >= 11 is 6.07. The van der Waals surface area contributed by atoms with Crippen LogP contribution in [0.3, 0.4) is 0 Å². The van der Waals surface area contributed by atoms with Gasteiger partial charge in [-0.1, -0.05) is 41.9 Å². The first kappa shape index (κ1) is 14.3. The Morgan fingerprint density at radius 1 is 1.40 bits per heavy atom. The maximum absolute atomic E-state index is 11.6. The van der Waals surface area contributed by atoms with Gasteiger partial charge in [0.2, 0.25) is 0 Å². The minimum Gasteiger partial charge on any atom is -0.458 e. The van der Waals surface area contributed by atoms with E-state index in [9.17, 15) is 4.79 Å². The highest BCUT2D eigenvalue weighted by Gasteiger charge is 2.08. The third-order valence-corrected chi connectivity index (χ3v) is 3.25. The third kappa shape index (κ3) is 3.48. The van der Waals surface area contributed by atoms with Crippen LogP contribution in [0.2, 0.25) is 5.15 Å². The monoisotopic (exact) mass is 290 g/mol. The van der Waals surface area contributed by atoms with Crippen LogP contribution in [-0.2, 0) is 23.2 Å². The highest BCUT2D eigenvalue weighted by atomic mass is 35.5. The fourth-order valence-electron chi connectivity index (χ4n) is 1.76. The van der Waals surface area contributed by atoms with Gasteiger partial charge in [0, 0.05) is 18.7 Å². The second-order valence-electron chi connectivity index (χ2n) is 4.34. The number of aryl methyl sites for hydroxylation is 2. The van der Waals surface area contributed by atoms with Crippen molar-refractivity contribution in [2.24, 2.45) is 7.05 Å². The molecular weight excluding hydrogens is 276 g/mol. The standard InChI is InChI=1S/C15H15ClN2O2/c1-11-13(15(16)18(2)17-11)8-9-14(19)20-10-12-6-4-3-5-7-12/h3-9H,10H2,1-2H3/b9-8+. The molecule has 1 heterocycles. The van der Waals surface area contributed by atoms with E-state index in [0.717, 1.165) is 16.8 Å². The summed E-state index contributed by atoms with van der Waals surface area (Å²) in [7, 11) is 1.75. The van der Waals surface area contributed by atoms with Crippen molar-refractivity contribution >= 4 is 23.6 Å². The fraction of sp³-hybridized carbons (Fsp3) is 0.200. The van der Waals surface area contributed by atoms with Gasteiger partial charge in [0.25, 0.3) is 0 Å². The van der Waals surface area contributed by atoms with Crippen molar-refractivity contribution in [2.45, 2.75) is 13.5 Å². The summed E-state index contributed by atoms with van der Waals surface area (Å²) < 4.78 is 6.70. The zero-order valence-corrected chi connectivity index (χ0v) is 12.1. The van der Waals surface area contributed by atoms with Crippen LogP contribution in [0, 0.1) is 6.92 Å². The van der Waals surface area contributed by atoms with E-state index in [1.54, 1.807) is 17.8 Å². The molecule has 5 heteroatoms. The SMILES string of the molecule is Cc1nn(C)c(Cl)c1/C=C/C(=O)OCc1ccccc1. The van der Waals surface area contributed by atoms with Gasteiger partial charge in [-0.3, -0.25) is 4.68 Å². The average molecular weight is 291 g/mol. The average Bonchev–Trinajstić information content (AvgIpc) is 2.69. The minimum atomic E-state index is -0.409. The smallest absolute Gasteiger partial charge is 0.331 e. The molecule has 0 atom stereocenters. The fourth-order valence-corrected chi connectivity index (χ4v) is 2.00. The Labute approximate surface area is 122 Å². The zero-order chi connectivity index (χ0) is 14.5. The molecule has 0 N–H and O–H groups in total. The van der Waals surface area contributed by atoms with Gasteiger partial charge < -0.3 is 4.74 Å². The molecule has 104 valence electrons. The van der Waals surface area contributed by atoms with Crippen LogP contribution in [0.25, 0.3) is 6.08 Å². The van der Waals surface area contributed by atoms with Crippen LogP contribution in [0.1, 0.15) is 16.8 Å². The van der Waals surface area contributed by atoms with Gasteiger partial charge in [-0.2, -0.15) is 5.10 Å². The van der Waals surface area contributed by atoms with E-state index in [4.69, 9.17) is 16.3 Å². The summed E-state index contributed by atoms with van der Waals surface area (Å²) in [5.74, 6) is -0.409. The number of benzene rings is 1. The summed E-state index contributed by atoms with van der Waals surface area (Å²) in [5, 5.41) is 4.66. The molecule has 0 saturated carbocycles. The Bertz CT molecular complexity index is 633. The van der Waals surface area contributed by atoms with Gasteiger partial charge in [-0.05, 0) is 18.6 Å². The molecule has 0 aliphatic rings. The van der Waals surface area contributed by atoms with Gasteiger partial charge in [0.15, 0.2) is 0 Å². The summed E-state index contributed by atoms with van der Waals surface area (Å²) in [5.41, 5.74) is 2.44. The van der Waals surface area contributed by atoms with Crippen LogP contribution in [-0.4, -0.2) is 15.7 Å². The number of halogens is 1. The third-order valence-electron chi connectivity index (χ3n) is 2.81. The Hall–Kier alpha value is -2.07. The highest BCUT2D eigenvalue weighted by molar-refractivity contribution is 6.31. The molecule has 20 heavy (non-hydrogen) atoms. The number of nitrogens with zero attached hydrogens (tertiary/aromatic N) is 2. The molecule has 0 aliphatic heterocycles. The molecule has 1 aromatic carbocycles. The summed E-state index contributed by atoms with van der Waals surface area (Å²) in [6, 6.07) is 9.52. The van der Waals surface area contributed by atoms with Crippen LogP contribution >= 0.6 is 11.6 Å². The Kier molecular flexibility index (Phi) is 4.58. The Morgan fingerprint density at radius 3 is 2.70 bits per heavy atom. The van der Waals surface area contributed by atoms with Crippen LogP contribution in [0.5, 0.6) is 0 Å². The van der Waals surface area contributed by atoms with E-state index in [1.165, 1.54) is 6.08 Å². The number of carbonyl (C=O) groups is 1. The summed E-state index contributed by atoms with van der Waals surface area (Å²) in [6.45, 7) is 2.09. The molecule has 0 amide bonds. The van der Waals surface area contributed by atoms with Gasteiger partial charge in [-0.25, -0.2) is 4.79 Å². The number of ether oxygens (including phenoxy) is 1. The molecule has 2 rings (SSSR count). The highest BCUT2D eigenvalue weighted by Crippen LogP contribution is 2.19. The van der Waals surface area contributed by atoms with Gasteiger partial charge in [-0.15, -0.1) is 0 Å². The quantitative estimate of drug-likeness (QED) is 0.642. The summed E-state index contributed by atoms with van der Waals surface area (Å²) in [6.07, 6.45) is 2.98. The van der Waals surface area contributed by atoms with E-state index in [0.29, 0.717) is 5.15 Å². The molecule has 4 nitrogen and oxygen atoms in total. The lowest BCUT2D eigenvalue weighted by Crippen LogP contribution is -2.00. The second-order valence-corrected chi connectivity index (χ2v) is 4.70. The van der Waals surface area contributed by atoms with Crippen molar-refractivity contribution in [1.29, 1.82) is 0 Å². The van der Waals surface area contributed by atoms with Crippen molar-refractivity contribution in [3.63, 3.8) is 0 Å². The topological polar surface area (TPSA) is 44.1 Å². The molecule has 0 bridgehead atoms. The Morgan fingerprint density at radius 2 is 2.10 bits per heavy atom. The first-order chi connectivity index (χ1) is 9.58. The predicted molar refractivity (Wildman–Crippen MR) is 78.2 cm³/mol. The lowest BCUT2D eigenvalue weighted by molar-refractivity contribution is -0.138. The Balaban J connectivity index is 1.96. The molecule has 2 aromatic rings. The van der Waals surface area contributed by atoms with E-state index in [2.05, 4.69) is 5.10 Å². The molecule has 0 unspecified atom stereocenters. The van der Waals surface area contributed by atoms with Crippen LogP contribution in [0.4, 0.5) is 0 Å². The first-order valence-corrected chi connectivity index (χ1v) is 6.53. The first-order valence-electron chi connectivity index (χ1n) is 6.16. The summed E-state index contributed by atoms with van der Waals surface area (Å²) in [4.78, 5) is 11.6. The largest absolute Gasteiger partial charge is 0.458 e. The molecule has 0 radical (unpaired) electrons. The normalized spacial score (nSPS) is 10.9. The van der Waals surface area contributed by atoms with Crippen molar-refractivity contribution < 1.29 is 9.53 Å². The zero-order valence-electron chi connectivity index (χ0n) is 11.3.